The van der Waals surface area contributed by atoms with E-state index in [0.29, 0.717) is 11.0 Å². The highest BCUT2D eigenvalue weighted by Crippen LogP contribution is 2.26. The molecule has 1 aliphatic rings. The summed E-state index contributed by atoms with van der Waals surface area (Å²) in [6.45, 7) is 5.87. The molecule has 0 saturated carbocycles. The van der Waals surface area contributed by atoms with Gasteiger partial charge in [-0.3, -0.25) is 9.78 Å². The molecule has 2 rings (SSSR count). The molecule has 0 aromatic carbocycles. The number of hydrogen-bond acceptors (Lipinski definition) is 4. The second kappa shape index (κ2) is 4.12. The van der Waals surface area contributed by atoms with E-state index in [4.69, 9.17) is 15.0 Å². The zero-order valence-electron chi connectivity index (χ0n) is 10.1. The highest BCUT2D eigenvalue weighted by Gasteiger charge is 2.44. The van der Waals surface area contributed by atoms with E-state index in [2.05, 4.69) is 4.98 Å². The lowest BCUT2D eigenvalue weighted by Crippen LogP contribution is -2.35. The number of nitrogens with zero attached hydrogens (tertiary/aromatic N) is 1. The van der Waals surface area contributed by atoms with Gasteiger partial charge in [-0.05, 0) is 26.8 Å². The molecule has 0 aliphatic carbocycles. The van der Waals surface area contributed by atoms with Crippen molar-refractivity contribution in [3.05, 3.63) is 24.0 Å². The molecule has 1 aromatic rings. The van der Waals surface area contributed by atoms with Crippen LogP contribution in [-0.4, -0.2) is 29.7 Å². The minimum absolute atomic E-state index is 0.0234. The molecule has 1 atom stereocenters. The summed E-state index contributed by atoms with van der Waals surface area (Å²) in [6, 6.07) is 1.65. The van der Waals surface area contributed by atoms with E-state index in [1.54, 1.807) is 12.3 Å². The molecular weight excluding hydrogens is 219 g/mol. The number of hydrogen-bond donors (Lipinski definition) is 1. The monoisotopic (exact) mass is 234 g/mol. The van der Waals surface area contributed by atoms with Crippen LogP contribution in [0, 0.1) is 0 Å². The van der Waals surface area contributed by atoms with Crippen LogP contribution in [0.25, 0.3) is 0 Å². The Bertz CT molecular complexity index is 450. The standard InChI is InChI=1S/C11H15BN2O3/c1-7-11(2,3)17-12(16-7)9-4-8(10(13)15)5-14-6-9/h4-7H,1-3H3,(H2,13,15). The summed E-state index contributed by atoms with van der Waals surface area (Å²) in [7, 11) is -0.494. The van der Waals surface area contributed by atoms with Crippen molar-refractivity contribution in [3.63, 3.8) is 0 Å². The van der Waals surface area contributed by atoms with E-state index in [-0.39, 0.29) is 11.7 Å². The Hall–Kier alpha value is -1.40. The highest BCUT2D eigenvalue weighted by molar-refractivity contribution is 6.62. The summed E-state index contributed by atoms with van der Waals surface area (Å²) in [5, 5.41) is 0. The quantitative estimate of drug-likeness (QED) is 0.736. The van der Waals surface area contributed by atoms with E-state index >= 15 is 0 Å². The first-order valence-corrected chi connectivity index (χ1v) is 5.48. The summed E-state index contributed by atoms with van der Waals surface area (Å²) in [5.41, 5.74) is 5.91. The highest BCUT2D eigenvalue weighted by atomic mass is 16.7. The lowest BCUT2D eigenvalue weighted by molar-refractivity contribution is 0.0842. The number of rotatable bonds is 2. The van der Waals surface area contributed by atoms with Crippen molar-refractivity contribution in [2.75, 3.05) is 0 Å². The normalized spacial score (nSPS) is 22.8. The van der Waals surface area contributed by atoms with E-state index in [0.717, 1.165) is 0 Å². The van der Waals surface area contributed by atoms with Gasteiger partial charge in [0.05, 0.1) is 17.3 Å². The van der Waals surface area contributed by atoms with Crippen LogP contribution in [-0.2, 0) is 9.31 Å². The van der Waals surface area contributed by atoms with Crippen molar-refractivity contribution in [2.24, 2.45) is 5.73 Å². The Labute approximate surface area is 100 Å². The summed E-state index contributed by atoms with van der Waals surface area (Å²) >= 11 is 0. The van der Waals surface area contributed by atoms with Gasteiger partial charge in [0.25, 0.3) is 0 Å². The molecule has 0 radical (unpaired) electrons. The molecule has 1 saturated heterocycles. The fourth-order valence-electron chi connectivity index (χ4n) is 1.62. The minimum atomic E-state index is -0.510. The Balaban J connectivity index is 2.25. The van der Waals surface area contributed by atoms with Crippen molar-refractivity contribution in [3.8, 4) is 0 Å². The van der Waals surface area contributed by atoms with Crippen molar-refractivity contribution < 1.29 is 14.1 Å². The first kappa shape index (κ1) is 12.1. The molecule has 1 aliphatic heterocycles. The number of pyridine rings is 1. The number of amides is 1. The molecule has 1 unspecified atom stereocenters. The van der Waals surface area contributed by atoms with Gasteiger partial charge in [0.2, 0.25) is 5.91 Å². The lowest BCUT2D eigenvalue weighted by Gasteiger charge is -2.21. The van der Waals surface area contributed by atoms with Crippen LogP contribution in [0.3, 0.4) is 0 Å². The second-order valence-corrected chi connectivity index (χ2v) is 4.70. The Morgan fingerprint density at radius 2 is 2.24 bits per heavy atom. The van der Waals surface area contributed by atoms with Gasteiger partial charge in [0.15, 0.2) is 0 Å². The minimum Gasteiger partial charge on any atom is -0.402 e. The number of aromatic nitrogens is 1. The zero-order valence-corrected chi connectivity index (χ0v) is 10.1. The van der Waals surface area contributed by atoms with Crippen LogP contribution in [0.2, 0.25) is 0 Å². The molecule has 17 heavy (non-hydrogen) atoms. The maximum absolute atomic E-state index is 11.1. The molecule has 0 bridgehead atoms. The zero-order chi connectivity index (χ0) is 12.6. The summed E-state index contributed by atoms with van der Waals surface area (Å²) in [6.07, 6.45) is 3.02. The Kier molecular flexibility index (Phi) is 2.93. The average Bonchev–Trinajstić information content (AvgIpc) is 2.54. The van der Waals surface area contributed by atoms with E-state index < -0.39 is 13.0 Å². The second-order valence-electron chi connectivity index (χ2n) is 4.70. The Morgan fingerprint density at radius 1 is 1.53 bits per heavy atom. The third kappa shape index (κ3) is 2.32. The van der Waals surface area contributed by atoms with Crippen molar-refractivity contribution >= 4 is 18.5 Å². The van der Waals surface area contributed by atoms with Gasteiger partial charge in [-0.1, -0.05) is 0 Å². The predicted octanol–water partition coefficient (Wildman–Crippen LogP) is 0.0896. The number of primary amides is 1. The van der Waals surface area contributed by atoms with Gasteiger partial charge < -0.3 is 15.0 Å². The van der Waals surface area contributed by atoms with Gasteiger partial charge in [0.1, 0.15) is 0 Å². The van der Waals surface area contributed by atoms with Gasteiger partial charge in [-0.25, -0.2) is 0 Å². The molecular formula is C11H15BN2O3. The van der Waals surface area contributed by atoms with Crippen LogP contribution in [0.15, 0.2) is 18.5 Å². The maximum Gasteiger partial charge on any atom is 0.496 e. The van der Waals surface area contributed by atoms with Crippen LogP contribution in [0.5, 0.6) is 0 Å². The third-order valence-electron chi connectivity index (χ3n) is 3.03. The topological polar surface area (TPSA) is 74.4 Å². The smallest absolute Gasteiger partial charge is 0.402 e. The van der Waals surface area contributed by atoms with E-state index in [1.807, 2.05) is 20.8 Å². The molecule has 2 heterocycles. The lowest BCUT2D eigenvalue weighted by atomic mass is 9.80. The van der Waals surface area contributed by atoms with Gasteiger partial charge in [-0.2, -0.15) is 0 Å². The van der Waals surface area contributed by atoms with Gasteiger partial charge >= 0.3 is 7.12 Å². The van der Waals surface area contributed by atoms with Crippen LogP contribution >= 0.6 is 0 Å². The fraction of sp³-hybridized carbons (Fsp3) is 0.455. The Morgan fingerprint density at radius 3 is 2.76 bits per heavy atom. The fourth-order valence-corrected chi connectivity index (χ4v) is 1.62. The van der Waals surface area contributed by atoms with Crippen LogP contribution in [0.1, 0.15) is 31.1 Å². The predicted molar refractivity (Wildman–Crippen MR) is 63.9 cm³/mol. The van der Waals surface area contributed by atoms with E-state index in [1.165, 1.54) is 6.20 Å². The van der Waals surface area contributed by atoms with Crippen LogP contribution in [0.4, 0.5) is 0 Å². The summed E-state index contributed by atoms with van der Waals surface area (Å²) < 4.78 is 11.5. The van der Waals surface area contributed by atoms with Gasteiger partial charge in [0, 0.05) is 17.9 Å². The van der Waals surface area contributed by atoms with Gasteiger partial charge in [-0.15, -0.1) is 0 Å². The van der Waals surface area contributed by atoms with Crippen molar-refractivity contribution in [2.45, 2.75) is 32.5 Å². The summed E-state index contributed by atoms with van der Waals surface area (Å²) in [4.78, 5) is 15.0. The number of carbonyl (C=O) groups excluding carboxylic acids is 1. The first-order valence-electron chi connectivity index (χ1n) is 5.48. The summed E-state index contributed by atoms with van der Waals surface area (Å²) in [5.74, 6) is -0.510. The number of nitrogens with two attached hydrogens (primary N) is 1. The molecule has 5 nitrogen and oxygen atoms in total. The first-order chi connectivity index (χ1) is 7.90. The van der Waals surface area contributed by atoms with E-state index in [9.17, 15) is 4.79 Å². The SMILES string of the molecule is CC1OB(c2cncc(C(N)=O)c2)OC1(C)C. The molecule has 1 fully saturated rings. The molecule has 6 heteroatoms. The van der Waals surface area contributed by atoms with Crippen LogP contribution < -0.4 is 11.2 Å². The van der Waals surface area contributed by atoms with Crippen molar-refractivity contribution in [1.29, 1.82) is 0 Å². The average molecular weight is 234 g/mol. The van der Waals surface area contributed by atoms with Crippen molar-refractivity contribution in [1.82, 2.24) is 4.98 Å². The maximum atomic E-state index is 11.1. The third-order valence-corrected chi connectivity index (χ3v) is 3.03. The molecule has 2 N–H and O–H groups in total. The molecule has 1 aromatic heterocycles. The number of carbonyl (C=O) groups is 1. The molecule has 90 valence electrons. The molecule has 0 spiro atoms. The molecule has 1 amide bonds. The largest absolute Gasteiger partial charge is 0.496 e.